The van der Waals surface area contributed by atoms with E-state index in [4.69, 9.17) is 10.5 Å². The standard InChI is InChI=1S/C18H19N3O5/c1-12-3-5-13(6-4-12)10-20(2)17(22)11-26-18(23)15-8-7-14(21(24)25)9-16(15)19/h3-9H,10-11,19H2,1-2H3. The number of nitrogens with two attached hydrogens (primary N) is 1. The Bertz CT molecular complexity index is 833. The number of carbonyl (C=O) groups is 2. The van der Waals surface area contributed by atoms with Gasteiger partial charge in [0.2, 0.25) is 0 Å². The van der Waals surface area contributed by atoms with E-state index >= 15 is 0 Å². The van der Waals surface area contributed by atoms with Crippen LogP contribution in [-0.2, 0) is 16.1 Å². The number of hydrogen-bond donors (Lipinski definition) is 1. The summed E-state index contributed by atoms with van der Waals surface area (Å²) >= 11 is 0. The summed E-state index contributed by atoms with van der Waals surface area (Å²) in [6.45, 7) is 1.91. The van der Waals surface area contributed by atoms with E-state index in [1.54, 1.807) is 7.05 Å². The van der Waals surface area contributed by atoms with Crippen molar-refractivity contribution in [3.8, 4) is 0 Å². The maximum absolute atomic E-state index is 12.1. The van der Waals surface area contributed by atoms with Gasteiger partial charge in [-0.15, -0.1) is 0 Å². The molecule has 0 atom stereocenters. The van der Waals surface area contributed by atoms with E-state index in [-0.39, 0.29) is 22.8 Å². The van der Waals surface area contributed by atoms with E-state index in [2.05, 4.69) is 0 Å². The van der Waals surface area contributed by atoms with Gasteiger partial charge >= 0.3 is 5.97 Å². The minimum atomic E-state index is -0.811. The van der Waals surface area contributed by atoms with Gasteiger partial charge in [-0.25, -0.2) is 4.79 Å². The number of likely N-dealkylation sites (N-methyl/N-ethyl adjacent to an activating group) is 1. The largest absolute Gasteiger partial charge is 0.452 e. The first-order valence-corrected chi connectivity index (χ1v) is 7.78. The molecule has 0 aromatic heterocycles. The number of carbonyl (C=O) groups excluding carboxylic acids is 2. The Hall–Kier alpha value is -3.42. The lowest BCUT2D eigenvalue weighted by molar-refractivity contribution is -0.384. The van der Waals surface area contributed by atoms with E-state index in [0.717, 1.165) is 23.3 Å². The van der Waals surface area contributed by atoms with Crippen LogP contribution >= 0.6 is 0 Å². The zero-order valence-corrected chi connectivity index (χ0v) is 14.5. The summed E-state index contributed by atoms with van der Waals surface area (Å²) in [5.41, 5.74) is 7.39. The first kappa shape index (κ1) is 18.9. The highest BCUT2D eigenvalue weighted by atomic mass is 16.6. The van der Waals surface area contributed by atoms with Crippen molar-refractivity contribution in [3.05, 3.63) is 69.3 Å². The third-order valence-electron chi connectivity index (χ3n) is 3.76. The molecule has 2 N–H and O–H groups in total. The van der Waals surface area contributed by atoms with Crippen LogP contribution in [0.5, 0.6) is 0 Å². The summed E-state index contributed by atoms with van der Waals surface area (Å²) in [5.74, 6) is -1.19. The summed E-state index contributed by atoms with van der Waals surface area (Å²) in [6.07, 6.45) is 0. The number of esters is 1. The van der Waals surface area contributed by atoms with Gasteiger partial charge in [-0.2, -0.15) is 0 Å². The van der Waals surface area contributed by atoms with Crippen molar-refractivity contribution in [2.75, 3.05) is 19.4 Å². The second-order valence-corrected chi connectivity index (χ2v) is 5.84. The fourth-order valence-corrected chi connectivity index (χ4v) is 2.22. The van der Waals surface area contributed by atoms with Crippen LogP contribution in [-0.4, -0.2) is 35.4 Å². The molecule has 0 heterocycles. The SMILES string of the molecule is Cc1ccc(CN(C)C(=O)COC(=O)c2ccc([N+](=O)[O-])cc2N)cc1. The van der Waals surface area contributed by atoms with Gasteiger partial charge in [-0.3, -0.25) is 14.9 Å². The number of non-ortho nitro benzene ring substituents is 1. The van der Waals surface area contributed by atoms with Crippen LogP contribution in [0.3, 0.4) is 0 Å². The minimum absolute atomic E-state index is 0.0235. The molecule has 1 amide bonds. The van der Waals surface area contributed by atoms with Gasteiger partial charge in [0, 0.05) is 25.7 Å². The number of ether oxygens (including phenoxy) is 1. The zero-order chi connectivity index (χ0) is 19.3. The molecule has 0 saturated heterocycles. The lowest BCUT2D eigenvalue weighted by atomic mass is 10.1. The van der Waals surface area contributed by atoms with E-state index < -0.39 is 17.5 Å². The van der Waals surface area contributed by atoms with Crippen LogP contribution in [0.2, 0.25) is 0 Å². The van der Waals surface area contributed by atoms with Crippen LogP contribution < -0.4 is 5.73 Å². The molecule has 2 aromatic rings. The van der Waals surface area contributed by atoms with E-state index in [1.165, 1.54) is 11.0 Å². The van der Waals surface area contributed by atoms with E-state index in [0.29, 0.717) is 6.54 Å². The van der Waals surface area contributed by atoms with Crippen molar-refractivity contribution in [2.45, 2.75) is 13.5 Å². The molecule has 136 valence electrons. The van der Waals surface area contributed by atoms with Crippen LogP contribution in [0.25, 0.3) is 0 Å². The van der Waals surface area contributed by atoms with Gasteiger partial charge in [0.05, 0.1) is 16.2 Å². The average molecular weight is 357 g/mol. The Morgan fingerprint density at radius 3 is 2.42 bits per heavy atom. The molecule has 0 spiro atoms. The van der Waals surface area contributed by atoms with Crippen LogP contribution in [0, 0.1) is 17.0 Å². The highest BCUT2D eigenvalue weighted by molar-refractivity contribution is 5.96. The van der Waals surface area contributed by atoms with Crippen molar-refractivity contribution in [1.29, 1.82) is 0 Å². The fraction of sp³-hybridized carbons (Fsp3) is 0.222. The van der Waals surface area contributed by atoms with Crippen LogP contribution in [0.1, 0.15) is 21.5 Å². The topological polar surface area (TPSA) is 116 Å². The van der Waals surface area contributed by atoms with Gasteiger partial charge in [-0.05, 0) is 18.6 Å². The normalized spacial score (nSPS) is 10.2. The number of nitro groups is 1. The lowest BCUT2D eigenvalue weighted by Gasteiger charge is -2.17. The molecular formula is C18H19N3O5. The van der Waals surface area contributed by atoms with Crippen molar-refractivity contribution in [3.63, 3.8) is 0 Å². The highest BCUT2D eigenvalue weighted by Crippen LogP contribution is 2.20. The molecule has 0 saturated carbocycles. The first-order valence-electron chi connectivity index (χ1n) is 7.78. The van der Waals surface area contributed by atoms with Crippen molar-refractivity contribution in [2.24, 2.45) is 0 Å². The fourth-order valence-electron chi connectivity index (χ4n) is 2.22. The van der Waals surface area contributed by atoms with E-state index in [9.17, 15) is 19.7 Å². The molecule has 0 radical (unpaired) electrons. The van der Waals surface area contributed by atoms with Crippen molar-refractivity contribution >= 4 is 23.3 Å². The van der Waals surface area contributed by atoms with Crippen LogP contribution in [0.15, 0.2) is 42.5 Å². The number of amides is 1. The highest BCUT2D eigenvalue weighted by Gasteiger charge is 2.18. The molecular weight excluding hydrogens is 338 g/mol. The van der Waals surface area contributed by atoms with Gasteiger partial charge in [0.25, 0.3) is 11.6 Å². The smallest absolute Gasteiger partial charge is 0.340 e. The summed E-state index contributed by atoms with van der Waals surface area (Å²) in [5, 5.41) is 10.7. The second kappa shape index (κ2) is 8.11. The Kier molecular flexibility index (Phi) is 5.90. The second-order valence-electron chi connectivity index (χ2n) is 5.84. The average Bonchev–Trinajstić information content (AvgIpc) is 2.61. The van der Waals surface area contributed by atoms with Crippen LogP contribution in [0.4, 0.5) is 11.4 Å². The third kappa shape index (κ3) is 4.79. The molecule has 0 bridgehead atoms. The summed E-state index contributed by atoms with van der Waals surface area (Å²) in [4.78, 5) is 35.6. The lowest BCUT2D eigenvalue weighted by Crippen LogP contribution is -2.30. The Labute approximate surface area is 150 Å². The number of nitro benzene ring substituents is 1. The molecule has 0 unspecified atom stereocenters. The van der Waals surface area contributed by atoms with Gasteiger partial charge in [-0.1, -0.05) is 29.8 Å². The molecule has 0 aliphatic carbocycles. The molecule has 0 aliphatic rings. The summed E-state index contributed by atoms with van der Waals surface area (Å²) < 4.78 is 4.97. The number of rotatable bonds is 6. The van der Waals surface area contributed by atoms with Gasteiger partial charge in [0.1, 0.15) is 0 Å². The Morgan fingerprint density at radius 1 is 1.19 bits per heavy atom. The van der Waals surface area contributed by atoms with E-state index in [1.807, 2.05) is 31.2 Å². The number of nitrogens with zero attached hydrogens (tertiary/aromatic N) is 2. The van der Waals surface area contributed by atoms with Crippen molar-refractivity contribution in [1.82, 2.24) is 4.90 Å². The third-order valence-corrected chi connectivity index (χ3v) is 3.76. The number of hydrogen-bond acceptors (Lipinski definition) is 6. The summed E-state index contributed by atoms with van der Waals surface area (Å²) in [7, 11) is 1.61. The summed E-state index contributed by atoms with van der Waals surface area (Å²) in [6, 6.07) is 11.2. The predicted molar refractivity (Wildman–Crippen MR) is 95.4 cm³/mol. The molecule has 0 fully saturated rings. The Balaban J connectivity index is 1.92. The number of aryl methyl sites for hydroxylation is 1. The van der Waals surface area contributed by atoms with Gasteiger partial charge in [0.15, 0.2) is 6.61 Å². The Morgan fingerprint density at radius 2 is 1.85 bits per heavy atom. The number of benzene rings is 2. The maximum atomic E-state index is 12.1. The number of anilines is 1. The zero-order valence-electron chi connectivity index (χ0n) is 14.5. The molecule has 2 aromatic carbocycles. The molecule has 26 heavy (non-hydrogen) atoms. The molecule has 8 nitrogen and oxygen atoms in total. The van der Waals surface area contributed by atoms with Crippen molar-refractivity contribution < 1.29 is 19.2 Å². The number of nitrogen functional groups attached to an aromatic ring is 1. The first-order chi connectivity index (χ1) is 12.3. The maximum Gasteiger partial charge on any atom is 0.340 e. The molecule has 2 rings (SSSR count). The molecule has 8 heteroatoms. The minimum Gasteiger partial charge on any atom is -0.452 e. The quantitative estimate of drug-likeness (QED) is 0.367. The monoisotopic (exact) mass is 357 g/mol. The van der Waals surface area contributed by atoms with Gasteiger partial charge < -0.3 is 15.4 Å². The molecule has 0 aliphatic heterocycles. The predicted octanol–water partition coefficient (Wildman–Crippen LogP) is 2.30.